The van der Waals surface area contributed by atoms with E-state index < -0.39 is 0 Å². The molecule has 0 amide bonds. The number of nitrogens with two attached hydrogens (primary N) is 1. The van der Waals surface area contributed by atoms with Gasteiger partial charge in [0.05, 0.1) is 5.52 Å². The van der Waals surface area contributed by atoms with E-state index in [1.165, 1.54) is 6.42 Å². The number of hydrogen-bond acceptors (Lipinski definition) is 3. The van der Waals surface area contributed by atoms with Gasteiger partial charge in [-0.2, -0.15) is 0 Å². The fourth-order valence-electron chi connectivity index (χ4n) is 2.61. The van der Waals surface area contributed by atoms with Crippen molar-refractivity contribution in [1.29, 1.82) is 0 Å². The number of ether oxygens (including phenoxy) is 1. The molecule has 2 atom stereocenters. The fraction of sp³-hybridized carbons (Fsp3) is 0.400. The van der Waals surface area contributed by atoms with Crippen LogP contribution in [-0.2, 0) is 0 Å². The van der Waals surface area contributed by atoms with Crippen LogP contribution < -0.4 is 10.5 Å². The van der Waals surface area contributed by atoms with Gasteiger partial charge in [0.25, 0.3) is 0 Å². The van der Waals surface area contributed by atoms with E-state index in [1.807, 2.05) is 24.4 Å². The van der Waals surface area contributed by atoms with Gasteiger partial charge in [0.2, 0.25) is 0 Å². The summed E-state index contributed by atoms with van der Waals surface area (Å²) >= 11 is 0. The summed E-state index contributed by atoms with van der Waals surface area (Å²) in [4.78, 5) is 4.31. The van der Waals surface area contributed by atoms with Crippen LogP contribution in [0.3, 0.4) is 0 Å². The third-order valence-electron chi connectivity index (χ3n) is 3.54. The molecule has 0 saturated heterocycles. The monoisotopic (exact) mass is 242 g/mol. The van der Waals surface area contributed by atoms with Crippen molar-refractivity contribution < 1.29 is 4.74 Å². The van der Waals surface area contributed by atoms with E-state index in [4.69, 9.17) is 10.5 Å². The molecule has 2 aromatic rings. The average Bonchev–Trinajstić information content (AvgIpc) is 2.39. The van der Waals surface area contributed by atoms with Crippen molar-refractivity contribution in [3.63, 3.8) is 0 Å². The third-order valence-corrected chi connectivity index (χ3v) is 3.54. The standard InChI is InChI=1S/C15H18N2O/c16-12-4-1-5-13(10-12)18-14-6-7-15-11(9-14)3-2-8-17-15/h2-3,6-9,12-13H,1,4-5,10,16H2. The van der Waals surface area contributed by atoms with Crippen molar-refractivity contribution in [2.45, 2.75) is 37.8 Å². The number of aromatic nitrogens is 1. The van der Waals surface area contributed by atoms with E-state index in [1.54, 1.807) is 0 Å². The van der Waals surface area contributed by atoms with E-state index in [2.05, 4.69) is 17.1 Å². The molecule has 0 aliphatic heterocycles. The maximum Gasteiger partial charge on any atom is 0.120 e. The summed E-state index contributed by atoms with van der Waals surface area (Å²) in [5.74, 6) is 0.926. The van der Waals surface area contributed by atoms with Gasteiger partial charge in [-0.15, -0.1) is 0 Å². The summed E-state index contributed by atoms with van der Waals surface area (Å²) in [5.41, 5.74) is 6.98. The molecule has 1 fully saturated rings. The minimum atomic E-state index is 0.267. The lowest BCUT2D eigenvalue weighted by Crippen LogP contribution is -2.33. The Morgan fingerprint density at radius 2 is 2.17 bits per heavy atom. The molecule has 1 aromatic carbocycles. The minimum absolute atomic E-state index is 0.267. The minimum Gasteiger partial charge on any atom is -0.490 e. The molecule has 3 heteroatoms. The molecule has 94 valence electrons. The second kappa shape index (κ2) is 4.94. The van der Waals surface area contributed by atoms with Crippen LogP contribution in [0.15, 0.2) is 36.5 Å². The van der Waals surface area contributed by atoms with Crippen molar-refractivity contribution in [1.82, 2.24) is 4.98 Å². The first-order valence-corrected chi connectivity index (χ1v) is 6.58. The first-order valence-electron chi connectivity index (χ1n) is 6.58. The van der Waals surface area contributed by atoms with Crippen LogP contribution in [-0.4, -0.2) is 17.1 Å². The molecule has 18 heavy (non-hydrogen) atoms. The highest BCUT2D eigenvalue weighted by Crippen LogP contribution is 2.25. The second-order valence-corrected chi connectivity index (χ2v) is 5.02. The van der Waals surface area contributed by atoms with Crippen molar-refractivity contribution in [2.24, 2.45) is 5.73 Å². The predicted octanol–water partition coefficient (Wildman–Crippen LogP) is 2.88. The Labute approximate surface area is 107 Å². The lowest BCUT2D eigenvalue weighted by atomic mass is 9.93. The largest absolute Gasteiger partial charge is 0.490 e. The van der Waals surface area contributed by atoms with Gasteiger partial charge in [0.15, 0.2) is 0 Å². The van der Waals surface area contributed by atoms with Gasteiger partial charge in [-0.1, -0.05) is 6.07 Å². The summed E-state index contributed by atoms with van der Waals surface area (Å²) in [6.45, 7) is 0. The zero-order valence-corrected chi connectivity index (χ0v) is 10.4. The molecule has 3 rings (SSSR count). The highest BCUT2D eigenvalue weighted by molar-refractivity contribution is 5.79. The van der Waals surface area contributed by atoms with Crippen molar-refractivity contribution in [2.75, 3.05) is 0 Å². The van der Waals surface area contributed by atoms with Crippen molar-refractivity contribution >= 4 is 10.9 Å². The highest BCUT2D eigenvalue weighted by atomic mass is 16.5. The number of benzene rings is 1. The smallest absolute Gasteiger partial charge is 0.120 e. The average molecular weight is 242 g/mol. The Morgan fingerprint density at radius 1 is 1.22 bits per heavy atom. The Morgan fingerprint density at radius 3 is 3.06 bits per heavy atom. The summed E-state index contributed by atoms with van der Waals surface area (Å²) in [7, 11) is 0. The zero-order valence-electron chi connectivity index (χ0n) is 10.4. The topological polar surface area (TPSA) is 48.1 Å². The third kappa shape index (κ3) is 2.46. The second-order valence-electron chi connectivity index (χ2n) is 5.02. The molecule has 1 aliphatic rings. The van der Waals surface area contributed by atoms with Crippen molar-refractivity contribution in [3.8, 4) is 5.75 Å². The molecule has 1 heterocycles. The molecule has 1 aromatic heterocycles. The number of pyridine rings is 1. The van der Waals surface area contributed by atoms with Crippen LogP contribution in [0.2, 0.25) is 0 Å². The maximum absolute atomic E-state index is 6.03. The lowest BCUT2D eigenvalue weighted by Gasteiger charge is -2.27. The predicted molar refractivity (Wildman–Crippen MR) is 72.6 cm³/mol. The number of nitrogens with zero attached hydrogens (tertiary/aromatic N) is 1. The van der Waals surface area contributed by atoms with Crippen LogP contribution in [0.5, 0.6) is 5.75 Å². The molecule has 1 saturated carbocycles. The van der Waals surface area contributed by atoms with E-state index in [0.717, 1.165) is 35.9 Å². The molecule has 3 nitrogen and oxygen atoms in total. The zero-order chi connectivity index (χ0) is 12.4. The van der Waals surface area contributed by atoms with Gasteiger partial charge in [-0.3, -0.25) is 4.98 Å². The molecule has 0 radical (unpaired) electrons. The first-order chi connectivity index (χ1) is 8.81. The van der Waals surface area contributed by atoms with E-state index in [-0.39, 0.29) is 6.10 Å². The molecular formula is C15H18N2O. The van der Waals surface area contributed by atoms with Gasteiger partial charge in [-0.05, 0) is 49.9 Å². The van der Waals surface area contributed by atoms with Gasteiger partial charge in [0, 0.05) is 17.6 Å². The maximum atomic E-state index is 6.03. The Bertz CT molecular complexity index is 541. The molecule has 2 N–H and O–H groups in total. The van der Waals surface area contributed by atoms with E-state index in [9.17, 15) is 0 Å². The van der Waals surface area contributed by atoms with Crippen LogP contribution in [0.4, 0.5) is 0 Å². The van der Waals surface area contributed by atoms with Gasteiger partial charge < -0.3 is 10.5 Å². The molecule has 0 spiro atoms. The van der Waals surface area contributed by atoms with Crippen LogP contribution in [0, 0.1) is 0 Å². The first kappa shape index (κ1) is 11.5. The van der Waals surface area contributed by atoms with Crippen LogP contribution in [0.1, 0.15) is 25.7 Å². The molecule has 1 aliphatic carbocycles. The van der Waals surface area contributed by atoms with Gasteiger partial charge in [0.1, 0.15) is 11.9 Å². The number of fused-ring (bicyclic) bond motifs is 1. The Kier molecular flexibility index (Phi) is 3.15. The molecule has 2 unspecified atom stereocenters. The number of hydrogen-bond donors (Lipinski definition) is 1. The molecule has 0 bridgehead atoms. The quantitative estimate of drug-likeness (QED) is 0.880. The van der Waals surface area contributed by atoms with Crippen LogP contribution in [0.25, 0.3) is 10.9 Å². The SMILES string of the molecule is NC1CCCC(Oc2ccc3ncccc3c2)C1. The van der Waals surface area contributed by atoms with Crippen LogP contribution >= 0.6 is 0 Å². The normalized spacial score (nSPS) is 24.1. The fourth-order valence-corrected chi connectivity index (χ4v) is 2.61. The summed E-state index contributed by atoms with van der Waals surface area (Å²) < 4.78 is 6.03. The Hall–Kier alpha value is -1.61. The summed E-state index contributed by atoms with van der Waals surface area (Å²) in [6.07, 6.45) is 6.44. The van der Waals surface area contributed by atoms with Gasteiger partial charge in [-0.25, -0.2) is 0 Å². The highest BCUT2D eigenvalue weighted by Gasteiger charge is 2.20. The van der Waals surface area contributed by atoms with E-state index in [0.29, 0.717) is 6.04 Å². The lowest BCUT2D eigenvalue weighted by molar-refractivity contribution is 0.144. The number of rotatable bonds is 2. The van der Waals surface area contributed by atoms with E-state index >= 15 is 0 Å². The summed E-state index contributed by atoms with van der Waals surface area (Å²) in [5, 5.41) is 1.12. The van der Waals surface area contributed by atoms with Crippen molar-refractivity contribution in [3.05, 3.63) is 36.5 Å². The molecular weight excluding hydrogens is 224 g/mol. The summed E-state index contributed by atoms with van der Waals surface area (Å²) in [6, 6.07) is 10.4. The Balaban J connectivity index is 1.78. The van der Waals surface area contributed by atoms with Gasteiger partial charge >= 0.3 is 0 Å².